The molecule has 148 valence electrons. The fourth-order valence-electron chi connectivity index (χ4n) is 3.10. The standard InChI is InChI=1S/C19H18F3N3O2S/c20-19(21,22)17-5-7-18(8-6-17)28(26,27)25-11-9-24(10-12-25)14-16-4-2-1-3-15(16)13-23/h1-8H,9-12,14H2. The Morgan fingerprint density at radius 1 is 0.964 bits per heavy atom. The predicted molar refractivity (Wildman–Crippen MR) is 96.6 cm³/mol. The minimum atomic E-state index is -4.51. The number of piperazine rings is 1. The number of alkyl halides is 3. The van der Waals surface area contributed by atoms with Gasteiger partial charge in [0.15, 0.2) is 0 Å². The van der Waals surface area contributed by atoms with Gasteiger partial charge in [0, 0.05) is 32.7 Å². The smallest absolute Gasteiger partial charge is 0.296 e. The van der Waals surface area contributed by atoms with Crippen molar-refractivity contribution in [3.05, 3.63) is 65.2 Å². The second-order valence-corrected chi connectivity index (χ2v) is 8.41. The van der Waals surface area contributed by atoms with Crippen molar-refractivity contribution in [1.29, 1.82) is 5.26 Å². The maximum absolute atomic E-state index is 12.7. The lowest BCUT2D eigenvalue weighted by Crippen LogP contribution is -2.48. The van der Waals surface area contributed by atoms with Crippen LogP contribution in [-0.2, 0) is 22.7 Å². The van der Waals surface area contributed by atoms with Gasteiger partial charge in [-0.1, -0.05) is 18.2 Å². The summed E-state index contributed by atoms with van der Waals surface area (Å²) in [6, 6.07) is 12.9. The van der Waals surface area contributed by atoms with Gasteiger partial charge >= 0.3 is 6.18 Å². The second kappa shape index (κ2) is 7.91. The molecule has 0 amide bonds. The number of rotatable bonds is 4. The third kappa shape index (κ3) is 4.35. The minimum absolute atomic E-state index is 0.149. The summed E-state index contributed by atoms with van der Waals surface area (Å²) < 4.78 is 64.7. The molecule has 3 rings (SSSR count). The molecule has 0 bridgehead atoms. The Kier molecular flexibility index (Phi) is 5.74. The van der Waals surface area contributed by atoms with E-state index in [1.54, 1.807) is 12.1 Å². The molecule has 0 N–H and O–H groups in total. The fourth-order valence-corrected chi connectivity index (χ4v) is 4.52. The van der Waals surface area contributed by atoms with Crippen LogP contribution in [0.5, 0.6) is 0 Å². The molecule has 0 unspecified atom stereocenters. The Bertz CT molecular complexity index is 975. The van der Waals surface area contributed by atoms with Crippen molar-refractivity contribution < 1.29 is 21.6 Å². The van der Waals surface area contributed by atoms with Crippen molar-refractivity contribution in [3.8, 4) is 6.07 Å². The summed E-state index contributed by atoms with van der Waals surface area (Å²) in [7, 11) is -3.85. The number of halogens is 3. The summed E-state index contributed by atoms with van der Waals surface area (Å²) >= 11 is 0. The van der Waals surface area contributed by atoms with Crippen molar-refractivity contribution in [3.63, 3.8) is 0 Å². The van der Waals surface area contributed by atoms with Gasteiger partial charge in [-0.3, -0.25) is 4.90 Å². The molecular formula is C19H18F3N3O2S. The SMILES string of the molecule is N#Cc1ccccc1CN1CCN(S(=O)(=O)c2ccc(C(F)(F)F)cc2)CC1. The Labute approximate surface area is 161 Å². The van der Waals surface area contributed by atoms with Gasteiger partial charge in [0.05, 0.1) is 22.1 Å². The van der Waals surface area contributed by atoms with Crippen LogP contribution in [0.1, 0.15) is 16.7 Å². The van der Waals surface area contributed by atoms with E-state index in [-0.39, 0.29) is 18.0 Å². The van der Waals surface area contributed by atoms with Crippen LogP contribution in [0.2, 0.25) is 0 Å². The van der Waals surface area contributed by atoms with Gasteiger partial charge in [0.1, 0.15) is 0 Å². The highest BCUT2D eigenvalue weighted by Crippen LogP contribution is 2.30. The first-order valence-electron chi connectivity index (χ1n) is 8.59. The number of sulfonamides is 1. The molecule has 1 aliphatic rings. The maximum atomic E-state index is 12.7. The van der Waals surface area contributed by atoms with Crippen LogP contribution in [-0.4, -0.2) is 43.8 Å². The first-order chi connectivity index (χ1) is 13.2. The number of nitriles is 1. The first kappa shape index (κ1) is 20.3. The molecule has 1 aliphatic heterocycles. The van der Waals surface area contributed by atoms with Gasteiger partial charge in [0.25, 0.3) is 0 Å². The number of benzene rings is 2. The van der Waals surface area contributed by atoms with Gasteiger partial charge in [-0.2, -0.15) is 22.7 Å². The molecule has 1 fully saturated rings. The summed E-state index contributed by atoms with van der Waals surface area (Å²) in [5.41, 5.74) is 0.582. The van der Waals surface area contributed by atoms with E-state index in [9.17, 15) is 21.6 Å². The summed E-state index contributed by atoms with van der Waals surface area (Å²) in [6.07, 6.45) is -4.51. The topological polar surface area (TPSA) is 64.4 Å². The summed E-state index contributed by atoms with van der Waals surface area (Å²) in [5, 5.41) is 9.17. The van der Waals surface area contributed by atoms with E-state index in [0.29, 0.717) is 25.2 Å². The zero-order valence-corrected chi connectivity index (χ0v) is 15.7. The van der Waals surface area contributed by atoms with E-state index in [4.69, 9.17) is 5.26 Å². The van der Waals surface area contributed by atoms with Crippen LogP contribution in [0.25, 0.3) is 0 Å². The Morgan fingerprint density at radius 2 is 1.57 bits per heavy atom. The Morgan fingerprint density at radius 3 is 2.14 bits per heavy atom. The van der Waals surface area contributed by atoms with Gasteiger partial charge in [0.2, 0.25) is 10.0 Å². The lowest BCUT2D eigenvalue weighted by molar-refractivity contribution is -0.137. The van der Waals surface area contributed by atoms with E-state index < -0.39 is 21.8 Å². The fraction of sp³-hybridized carbons (Fsp3) is 0.316. The second-order valence-electron chi connectivity index (χ2n) is 6.47. The van der Waals surface area contributed by atoms with Crippen LogP contribution in [0.15, 0.2) is 53.4 Å². The first-order valence-corrected chi connectivity index (χ1v) is 10.0. The molecule has 0 saturated carbocycles. The Hall–Kier alpha value is -2.41. The monoisotopic (exact) mass is 409 g/mol. The maximum Gasteiger partial charge on any atom is 0.416 e. The summed E-state index contributed by atoms with van der Waals surface area (Å²) in [5.74, 6) is 0. The lowest BCUT2D eigenvalue weighted by Gasteiger charge is -2.34. The van der Waals surface area contributed by atoms with E-state index >= 15 is 0 Å². The van der Waals surface area contributed by atoms with Crippen molar-refractivity contribution in [2.24, 2.45) is 0 Å². The van der Waals surface area contributed by atoms with Crippen LogP contribution in [0.4, 0.5) is 13.2 Å². The van der Waals surface area contributed by atoms with Crippen molar-refractivity contribution in [2.45, 2.75) is 17.6 Å². The molecule has 9 heteroatoms. The summed E-state index contributed by atoms with van der Waals surface area (Å²) in [4.78, 5) is 1.90. The third-order valence-corrected chi connectivity index (χ3v) is 6.60. The van der Waals surface area contributed by atoms with Gasteiger partial charge < -0.3 is 0 Å². The van der Waals surface area contributed by atoms with E-state index in [1.807, 2.05) is 12.1 Å². The molecule has 28 heavy (non-hydrogen) atoms. The van der Waals surface area contributed by atoms with Crippen LogP contribution in [0.3, 0.4) is 0 Å². The predicted octanol–water partition coefficient (Wildman–Crippen LogP) is 3.08. The molecule has 0 atom stereocenters. The van der Waals surface area contributed by atoms with Gasteiger partial charge in [-0.15, -0.1) is 0 Å². The molecule has 1 heterocycles. The molecule has 0 aliphatic carbocycles. The van der Waals surface area contributed by atoms with Crippen molar-refractivity contribution in [1.82, 2.24) is 9.21 Å². The van der Waals surface area contributed by atoms with Gasteiger partial charge in [-0.05, 0) is 35.9 Å². The molecule has 2 aromatic carbocycles. The zero-order chi connectivity index (χ0) is 20.4. The number of hydrogen-bond acceptors (Lipinski definition) is 4. The van der Waals surface area contributed by atoms with Gasteiger partial charge in [-0.25, -0.2) is 8.42 Å². The number of hydrogen-bond donors (Lipinski definition) is 0. The minimum Gasteiger partial charge on any atom is -0.296 e. The highest BCUT2D eigenvalue weighted by atomic mass is 32.2. The largest absolute Gasteiger partial charge is 0.416 e. The molecule has 5 nitrogen and oxygen atoms in total. The highest BCUT2D eigenvalue weighted by molar-refractivity contribution is 7.89. The quantitative estimate of drug-likeness (QED) is 0.779. The molecule has 1 saturated heterocycles. The molecule has 0 spiro atoms. The van der Waals surface area contributed by atoms with Crippen molar-refractivity contribution >= 4 is 10.0 Å². The van der Waals surface area contributed by atoms with Crippen molar-refractivity contribution in [2.75, 3.05) is 26.2 Å². The summed E-state index contributed by atoms with van der Waals surface area (Å²) in [6.45, 7) is 1.95. The molecule has 0 radical (unpaired) electrons. The molecule has 0 aromatic heterocycles. The average Bonchev–Trinajstić information content (AvgIpc) is 2.68. The van der Waals surface area contributed by atoms with Crippen LogP contribution >= 0.6 is 0 Å². The van der Waals surface area contributed by atoms with Crippen LogP contribution in [0, 0.1) is 11.3 Å². The number of nitrogens with zero attached hydrogens (tertiary/aromatic N) is 3. The zero-order valence-electron chi connectivity index (χ0n) is 14.9. The third-order valence-electron chi connectivity index (χ3n) is 4.68. The molecular weight excluding hydrogens is 391 g/mol. The normalized spacial score (nSPS) is 16.6. The van der Waals surface area contributed by atoms with Crippen LogP contribution < -0.4 is 0 Å². The highest BCUT2D eigenvalue weighted by Gasteiger charge is 2.32. The lowest BCUT2D eigenvalue weighted by atomic mass is 10.1. The Balaban J connectivity index is 1.66. The average molecular weight is 409 g/mol. The van der Waals surface area contributed by atoms with E-state index in [0.717, 1.165) is 29.8 Å². The van der Waals surface area contributed by atoms with E-state index in [1.165, 1.54) is 4.31 Å². The van der Waals surface area contributed by atoms with E-state index in [2.05, 4.69) is 11.0 Å². The molecule has 2 aromatic rings.